The maximum atomic E-state index is 13.7. The minimum atomic E-state index is -2.36. The molecule has 1 aromatic carbocycles. The summed E-state index contributed by atoms with van der Waals surface area (Å²) in [5, 5.41) is -0.304. The standard InChI is InChI=1S/C38H70O7S2Si3/c1-19-41-35(46)47-30(25-24-28(39)27-22-20-21-23-29(27)40-12)32-34(45-50(17,18)38(9,10)11)33(44-49(15,16)37(6,7)8)31(42-32)26(2)43-48(13,14)36(3,4)5/h20-23,26,30-34H,19,24-25H2,1-18H3/t26-,30?,31+,32-,33+,34+/m1/s1. The minimum absolute atomic E-state index is 0.00971. The first-order valence-electron chi connectivity index (χ1n) is 18.3. The predicted octanol–water partition coefficient (Wildman–Crippen LogP) is 11.0. The number of ketones is 1. The van der Waals surface area contributed by atoms with E-state index in [0.717, 1.165) is 0 Å². The molecule has 0 N–H and O–H groups in total. The number of Topliss-reactive ketones (excluding diaryl/α,β-unsaturated/α-hetero) is 1. The summed E-state index contributed by atoms with van der Waals surface area (Å²) in [6.07, 6.45) is -1.04. The average molecular weight is 787 g/mol. The van der Waals surface area contributed by atoms with Crippen molar-refractivity contribution < 1.29 is 32.3 Å². The summed E-state index contributed by atoms with van der Waals surface area (Å²) in [6, 6.07) is 7.39. The van der Waals surface area contributed by atoms with Crippen molar-refractivity contribution in [2.24, 2.45) is 0 Å². The summed E-state index contributed by atoms with van der Waals surface area (Å²) in [6.45, 7) is 38.6. The van der Waals surface area contributed by atoms with Crippen molar-refractivity contribution in [3.63, 3.8) is 0 Å². The largest absolute Gasteiger partial charge is 0.496 e. The molecule has 1 unspecified atom stereocenters. The monoisotopic (exact) mass is 786 g/mol. The number of thiocarbonyl (C=S) groups is 1. The molecule has 0 aliphatic carbocycles. The Kier molecular flexibility index (Phi) is 15.7. The van der Waals surface area contributed by atoms with Crippen molar-refractivity contribution in [3.8, 4) is 5.75 Å². The Morgan fingerprint density at radius 2 is 1.32 bits per heavy atom. The van der Waals surface area contributed by atoms with Crippen molar-refractivity contribution in [2.75, 3.05) is 13.7 Å². The molecule has 0 radical (unpaired) electrons. The van der Waals surface area contributed by atoms with E-state index < -0.39 is 37.2 Å². The number of benzene rings is 1. The van der Waals surface area contributed by atoms with Gasteiger partial charge in [-0.1, -0.05) is 86.2 Å². The number of carbonyl (C=O) groups is 1. The summed E-state index contributed by atoms with van der Waals surface area (Å²) in [5.41, 5.74) is 0.570. The topological polar surface area (TPSA) is 72.5 Å². The number of hydrogen-bond donors (Lipinski definition) is 0. The van der Waals surface area contributed by atoms with Gasteiger partial charge in [0.05, 0.1) is 37.6 Å². The summed E-state index contributed by atoms with van der Waals surface area (Å²) in [7, 11) is -5.28. The molecule has 6 atom stereocenters. The Balaban J connectivity index is 2.75. The van der Waals surface area contributed by atoms with Crippen molar-refractivity contribution in [1.82, 2.24) is 0 Å². The van der Waals surface area contributed by atoms with Gasteiger partial charge in [0.15, 0.2) is 30.7 Å². The number of para-hydroxylation sites is 1. The van der Waals surface area contributed by atoms with Crippen LogP contribution in [-0.2, 0) is 22.8 Å². The lowest BCUT2D eigenvalue weighted by Gasteiger charge is -2.45. The third-order valence-corrected chi connectivity index (χ3v) is 26.5. The lowest BCUT2D eigenvalue weighted by Crippen LogP contribution is -2.56. The maximum absolute atomic E-state index is 13.7. The second kappa shape index (κ2) is 17.3. The van der Waals surface area contributed by atoms with E-state index in [0.29, 0.717) is 28.7 Å². The predicted molar refractivity (Wildman–Crippen MR) is 223 cm³/mol. The Hall–Kier alpha value is -0.579. The van der Waals surface area contributed by atoms with E-state index >= 15 is 0 Å². The van der Waals surface area contributed by atoms with Crippen molar-refractivity contribution in [1.29, 1.82) is 0 Å². The molecule has 0 saturated carbocycles. The SMILES string of the molecule is CCOC(=S)SC(CCC(=O)c1ccccc1OC)[C@H]1O[C@@H]([C@@H](C)O[Si](C)(C)C(C)(C)C)[C@H](O[Si](C)(C)C(C)(C)C)[C@H]1O[Si](C)(C)C(C)(C)C. The molecule has 12 heteroatoms. The third-order valence-electron chi connectivity index (χ3n) is 11.4. The number of thioether (sulfide) groups is 1. The lowest BCUT2D eigenvalue weighted by atomic mass is 9.99. The molecular weight excluding hydrogens is 717 g/mol. The highest BCUT2D eigenvalue weighted by molar-refractivity contribution is 8.23. The fourth-order valence-corrected chi connectivity index (χ4v) is 10.8. The molecule has 50 heavy (non-hydrogen) atoms. The van der Waals surface area contributed by atoms with Gasteiger partial charge in [-0.25, -0.2) is 0 Å². The van der Waals surface area contributed by atoms with E-state index in [1.807, 2.05) is 31.2 Å². The van der Waals surface area contributed by atoms with Gasteiger partial charge in [0.1, 0.15) is 18.0 Å². The molecule has 2 rings (SSSR count). The van der Waals surface area contributed by atoms with Crippen LogP contribution in [0.3, 0.4) is 0 Å². The zero-order chi connectivity index (χ0) is 38.7. The van der Waals surface area contributed by atoms with Crippen LogP contribution in [0.5, 0.6) is 5.75 Å². The van der Waals surface area contributed by atoms with E-state index in [1.165, 1.54) is 11.8 Å². The molecule has 0 aromatic heterocycles. The van der Waals surface area contributed by atoms with Gasteiger partial charge < -0.3 is 27.5 Å². The highest BCUT2D eigenvalue weighted by atomic mass is 32.2. The highest BCUT2D eigenvalue weighted by Gasteiger charge is 2.57. The number of ether oxygens (including phenoxy) is 3. The molecule has 1 aromatic rings. The first-order valence-corrected chi connectivity index (χ1v) is 28.3. The average Bonchev–Trinajstić information content (AvgIpc) is 3.29. The number of carbonyl (C=O) groups excluding carboxylic acids is 1. The molecule has 1 aliphatic heterocycles. The quantitative estimate of drug-likeness (QED) is 0.0981. The van der Waals surface area contributed by atoms with E-state index in [4.69, 9.17) is 39.7 Å². The van der Waals surface area contributed by atoms with Crippen LogP contribution < -0.4 is 4.74 Å². The van der Waals surface area contributed by atoms with E-state index in [9.17, 15) is 4.79 Å². The summed E-state index contributed by atoms with van der Waals surface area (Å²) < 4.78 is 41.0. The first kappa shape index (κ1) is 45.6. The smallest absolute Gasteiger partial charge is 0.220 e. The number of methoxy groups -OCH3 is 1. The molecule has 0 amide bonds. The van der Waals surface area contributed by atoms with Crippen molar-refractivity contribution in [2.45, 2.75) is 179 Å². The lowest BCUT2D eigenvalue weighted by molar-refractivity contribution is -0.0508. The van der Waals surface area contributed by atoms with Crippen molar-refractivity contribution >= 4 is 59.1 Å². The van der Waals surface area contributed by atoms with Crippen LogP contribution in [0.25, 0.3) is 0 Å². The third kappa shape index (κ3) is 11.5. The Labute approximate surface area is 318 Å². The molecule has 1 saturated heterocycles. The van der Waals surface area contributed by atoms with Gasteiger partial charge >= 0.3 is 0 Å². The van der Waals surface area contributed by atoms with E-state index in [2.05, 4.69) is 109 Å². The van der Waals surface area contributed by atoms with Crippen LogP contribution in [0.4, 0.5) is 0 Å². The van der Waals surface area contributed by atoms with E-state index in [1.54, 1.807) is 7.11 Å². The van der Waals surface area contributed by atoms with Crippen LogP contribution in [0, 0.1) is 0 Å². The first-order chi connectivity index (χ1) is 22.6. The molecule has 288 valence electrons. The van der Waals surface area contributed by atoms with Crippen LogP contribution in [0.2, 0.25) is 54.4 Å². The maximum Gasteiger partial charge on any atom is 0.220 e. The van der Waals surface area contributed by atoms with Crippen LogP contribution in [0.1, 0.15) is 99.4 Å². The summed E-state index contributed by atoms with van der Waals surface area (Å²) in [4.78, 5) is 13.7. The fraction of sp³-hybridized carbons (Fsp3) is 0.789. The zero-order valence-corrected chi connectivity index (χ0v) is 39.2. The fourth-order valence-electron chi connectivity index (χ4n) is 5.25. The second-order valence-corrected chi connectivity index (χ2v) is 34.4. The summed E-state index contributed by atoms with van der Waals surface area (Å²) >= 11 is 7.22. The Morgan fingerprint density at radius 1 is 0.840 bits per heavy atom. The van der Waals surface area contributed by atoms with Gasteiger partial charge in [0.2, 0.25) is 4.38 Å². The molecule has 7 nitrogen and oxygen atoms in total. The highest BCUT2D eigenvalue weighted by Crippen LogP contribution is 2.47. The van der Waals surface area contributed by atoms with Gasteiger partial charge in [-0.2, -0.15) is 0 Å². The minimum Gasteiger partial charge on any atom is -0.496 e. The molecule has 0 bridgehead atoms. The van der Waals surface area contributed by atoms with E-state index in [-0.39, 0.29) is 50.9 Å². The number of hydrogen-bond acceptors (Lipinski definition) is 9. The van der Waals surface area contributed by atoms with Crippen LogP contribution in [0.15, 0.2) is 24.3 Å². The van der Waals surface area contributed by atoms with Gasteiger partial charge in [-0.3, -0.25) is 4.79 Å². The van der Waals surface area contributed by atoms with Crippen LogP contribution in [-0.4, -0.2) is 84.6 Å². The Morgan fingerprint density at radius 3 is 1.78 bits per heavy atom. The van der Waals surface area contributed by atoms with Crippen LogP contribution >= 0.6 is 24.0 Å². The normalized spacial score (nSPS) is 22.3. The molecule has 0 spiro atoms. The van der Waals surface area contributed by atoms with Crippen molar-refractivity contribution in [3.05, 3.63) is 29.8 Å². The molecule has 1 aliphatic rings. The van der Waals surface area contributed by atoms with Gasteiger partial charge in [0, 0.05) is 11.7 Å². The van der Waals surface area contributed by atoms with Gasteiger partial charge in [-0.15, -0.1) is 0 Å². The van der Waals surface area contributed by atoms with Gasteiger partial charge in [0.25, 0.3) is 0 Å². The van der Waals surface area contributed by atoms with Gasteiger partial charge in [-0.05, 0) is 99.0 Å². The Bertz CT molecular complexity index is 1280. The zero-order valence-electron chi connectivity index (χ0n) is 34.6. The molecular formula is C38H70O7S2Si3. The molecule has 1 fully saturated rings. The number of rotatable bonds is 15. The molecule has 1 heterocycles. The summed E-state index contributed by atoms with van der Waals surface area (Å²) in [5.74, 6) is 0.581. The second-order valence-electron chi connectivity index (χ2n) is 18.3.